The van der Waals surface area contributed by atoms with Gasteiger partial charge >= 0.3 is 5.97 Å². The highest BCUT2D eigenvalue weighted by Crippen LogP contribution is 2.20. The first-order valence-electron chi connectivity index (χ1n) is 6.55. The van der Waals surface area contributed by atoms with Gasteiger partial charge < -0.3 is 9.64 Å². The van der Waals surface area contributed by atoms with E-state index in [1.807, 2.05) is 44.2 Å². The van der Waals surface area contributed by atoms with Crippen LogP contribution in [0.3, 0.4) is 0 Å². The largest absolute Gasteiger partial charge is 0.462 e. The summed E-state index contributed by atoms with van der Waals surface area (Å²) < 4.78 is 5.08. The second kappa shape index (κ2) is 6.23. The number of ether oxygens (including phenoxy) is 1. The number of hydrogen-bond donors (Lipinski definition) is 0. The third-order valence-electron chi connectivity index (χ3n) is 3.19. The summed E-state index contributed by atoms with van der Waals surface area (Å²) in [6.45, 7) is 5.83. The molecule has 0 amide bonds. The van der Waals surface area contributed by atoms with Crippen LogP contribution in [0, 0.1) is 0 Å². The van der Waals surface area contributed by atoms with E-state index in [9.17, 15) is 4.79 Å². The molecule has 0 radical (unpaired) electrons. The standard InChI is InChI=1S/C16H19NO2/c1-3-19-16(18)15-10-7-11-17(13(15)2)12-14-8-5-4-6-9-14/h4-10H,3,11-12H2,1-2H3. The highest BCUT2D eigenvalue weighted by Gasteiger charge is 2.18. The minimum atomic E-state index is -0.242. The van der Waals surface area contributed by atoms with Crippen molar-refractivity contribution in [3.8, 4) is 0 Å². The fraction of sp³-hybridized carbons (Fsp3) is 0.312. The highest BCUT2D eigenvalue weighted by molar-refractivity contribution is 5.92. The van der Waals surface area contributed by atoms with Crippen LogP contribution in [-0.2, 0) is 16.1 Å². The zero-order chi connectivity index (χ0) is 13.7. The quantitative estimate of drug-likeness (QED) is 0.777. The number of nitrogens with zero attached hydrogens (tertiary/aromatic N) is 1. The number of benzene rings is 1. The Morgan fingerprint density at radius 3 is 2.74 bits per heavy atom. The number of hydrogen-bond acceptors (Lipinski definition) is 3. The Kier molecular flexibility index (Phi) is 4.39. The van der Waals surface area contributed by atoms with Crippen molar-refractivity contribution in [3.63, 3.8) is 0 Å². The van der Waals surface area contributed by atoms with Crippen molar-refractivity contribution < 1.29 is 9.53 Å². The lowest BCUT2D eigenvalue weighted by Crippen LogP contribution is -2.27. The van der Waals surface area contributed by atoms with E-state index >= 15 is 0 Å². The predicted octanol–water partition coefficient (Wildman–Crippen LogP) is 2.90. The van der Waals surface area contributed by atoms with E-state index in [1.165, 1.54) is 5.56 Å². The maximum atomic E-state index is 11.8. The van der Waals surface area contributed by atoms with E-state index in [-0.39, 0.29) is 5.97 Å². The topological polar surface area (TPSA) is 29.5 Å². The van der Waals surface area contributed by atoms with E-state index in [0.29, 0.717) is 12.2 Å². The zero-order valence-electron chi connectivity index (χ0n) is 11.4. The van der Waals surface area contributed by atoms with E-state index < -0.39 is 0 Å². The Labute approximate surface area is 114 Å². The zero-order valence-corrected chi connectivity index (χ0v) is 11.4. The molecule has 0 atom stereocenters. The number of rotatable bonds is 4. The molecule has 3 heteroatoms. The molecule has 100 valence electrons. The van der Waals surface area contributed by atoms with E-state index in [0.717, 1.165) is 18.8 Å². The van der Waals surface area contributed by atoms with Crippen molar-refractivity contribution in [2.75, 3.05) is 13.2 Å². The lowest BCUT2D eigenvalue weighted by atomic mass is 10.1. The van der Waals surface area contributed by atoms with Gasteiger partial charge in [0.05, 0.1) is 12.2 Å². The Bertz CT molecular complexity index is 503. The summed E-state index contributed by atoms with van der Waals surface area (Å²) in [7, 11) is 0. The molecule has 0 bridgehead atoms. The molecule has 1 heterocycles. The van der Waals surface area contributed by atoms with Crippen molar-refractivity contribution in [1.29, 1.82) is 0 Å². The van der Waals surface area contributed by atoms with E-state index in [2.05, 4.69) is 17.0 Å². The first-order valence-corrected chi connectivity index (χ1v) is 6.55. The van der Waals surface area contributed by atoms with Crippen molar-refractivity contribution >= 4 is 5.97 Å². The third-order valence-corrected chi connectivity index (χ3v) is 3.19. The molecule has 0 fully saturated rings. The number of esters is 1. The van der Waals surface area contributed by atoms with Gasteiger partial charge in [-0.3, -0.25) is 0 Å². The number of carbonyl (C=O) groups excluding carboxylic acids is 1. The lowest BCUT2D eigenvalue weighted by molar-refractivity contribution is -0.138. The van der Waals surface area contributed by atoms with Gasteiger partial charge in [0.25, 0.3) is 0 Å². The van der Waals surface area contributed by atoms with Gasteiger partial charge in [0.1, 0.15) is 0 Å². The van der Waals surface area contributed by atoms with Gasteiger partial charge in [0, 0.05) is 18.8 Å². The van der Waals surface area contributed by atoms with Crippen LogP contribution < -0.4 is 0 Å². The Hall–Kier alpha value is -2.03. The molecule has 1 aromatic carbocycles. The third kappa shape index (κ3) is 3.25. The second-order valence-electron chi connectivity index (χ2n) is 4.49. The van der Waals surface area contributed by atoms with Gasteiger partial charge in [-0.15, -0.1) is 0 Å². The molecule has 0 saturated heterocycles. The first-order chi connectivity index (χ1) is 9.22. The van der Waals surface area contributed by atoms with Crippen molar-refractivity contribution in [1.82, 2.24) is 4.90 Å². The molecule has 0 aromatic heterocycles. The molecular weight excluding hydrogens is 238 g/mol. The summed E-state index contributed by atoms with van der Waals surface area (Å²) in [5.41, 5.74) is 2.87. The summed E-state index contributed by atoms with van der Waals surface area (Å²) in [4.78, 5) is 14.0. The molecule has 0 N–H and O–H groups in total. The molecule has 0 spiro atoms. The lowest BCUT2D eigenvalue weighted by Gasteiger charge is -2.28. The maximum Gasteiger partial charge on any atom is 0.339 e. The van der Waals surface area contributed by atoms with Crippen LogP contribution in [-0.4, -0.2) is 24.0 Å². The van der Waals surface area contributed by atoms with Crippen molar-refractivity contribution in [3.05, 3.63) is 59.3 Å². The molecule has 1 aliphatic rings. The fourth-order valence-electron chi connectivity index (χ4n) is 2.14. The number of carbonyl (C=O) groups is 1. The molecule has 0 aliphatic carbocycles. The van der Waals surface area contributed by atoms with E-state index in [1.54, 1.807) is 0 Å². The van der Waals surface area contributed by atoms with Gasteiger partial charge in [-0.2, -0.15) is 0 Å². The van der Waals surface area contributed by atoms with Crippen LogP contribution >= 0.6 is 0 Å². The SMILES string of the molecule is CCOC(=O)C1=C(C)N(Cc2ccccc2)CC=C1. The predicted molar refractivity (Wildman–Crippen MR) is 75.3 cm³/mol. The van der Waals surface area contributed by atoms with Crippen LogP contribution in [0.1, 0.15) is 19.4 Å². The van der Waals surface area contributed by atoms with E-state index in [4.69, 9.17) is 4.74 Å². The summed E-state index contributed by atoms with van der Waals surface area (Å²) in [6.07, 6.45) is 3.86. The van der Waals surface area contributed by atoms with Gasteiger partial charge in [-0.25, -0.2) is 4.79 Å². The summed E-state index contributed by atoms with van der Waals surface area (Å²) in [5.74, 6) is -0.242. The highest BCUT2D eigenvalue weighted by atomic mass is 16.5. The Morgan fingerprint density at radius 2 is 2.05 bits per heavy atom. The molecule has 1 aromatic rings. The normalized spacial score (nSPS) is 14.7. The van der Waals surface area contributed by atoms with Crippen molar-refractivity contribution in [2.45, 2.75) is 20.4 Å². The number of allylic oxidation sites excluding steroid dienone is 1. The Balaban J connectivity index is 2.15. The van der Waals surface area contributed by atoms with Gasteiger partial charge in [0.15, 0.2) is 0 Å². The van der Waals surface area contributed by atoms with Gasteiger partial charge in [-0.05, 0) is 25.5 Å². The molecule has 19 heavy (non-hydrogen) atoms. The van der Waals surface area contributed by atoms with Crippen LogP contribution in [0.15, 0.2) is 53.8 Å². The first kappa shape index (κ1) is 13.4. The molecule has 0 saturated carbocycles. The minimum Gasteiger partial charge on any atom is -0.462 e. The molecule has 0 unspecified atom stereocenters. The van der Waals surface area contributed by atoms with Crippen LogP contribution in [0.4, 0.5) is 0 Å². The molecule has 1 aliphatic heterocycles. The summed E-state index contributed by atoms with van der Waals surface area (Å²) in [5, 5.41) is 0. The Morgan fingerprint density at radius 1 is 1.32 bits per heavy atom. The van der Waals surface area contributed by atoms with Crippen LogP contribution in [0.2, 0.25) is 0 Å². The van der Waals surface area contributed by atoms with Crippen LogP contribution in [0.25, 0.3) is 0 Å². The van der Waals surface area contributed by atoms with Crippen molar-refractivity contribution in [2.24, 2.45) is 0 Å². The second-order valence-corrected chi connectivity index (χ2v) is 4.49. The van der Waals surface area contributed by atoms with Crippen LogP contribution in [0.5, 0.6) is 0 Å². The molecule has 3 nitrogen and oxygen atoms in total. The average molecular weight is 257 g/mol. The summed E-state index contributed by atoms with van der Waals surface area (Å²) in [6, 6.07) is 10.2. The monoisotopic (exact) mass is 257 g/mol. The van der Waals surface area contributed by atoms with Gasteiger partial charge in [0.2, 0.25) is 0 Å². The minimum absolute atomic E-state index is 0.242. The van der Waals surface area contributed by atoms with Gasteiger partial charge in [-0.1, -0.05) is 36.4 Å². The average Bonchev–Trinajstić information content (AvgIpc) is 2.42. The fourth-order valence-corrected chi connectivity index (χ4v) is 2.14. The maximum absolute atomic E-state index is 11.8. The smallest absolute Gasteiger partial charge is 0.339 e. The molecule has 2 rings (SSSR count). The summed E-state index contributed by atoms with van der Waals surface area (Å²) >= 11 is 0. The molecular formula is C16H19NO2.